The molecular formula is C30H37N3O5. The van der Waals surface area contributed by atoms with Gasteiger partial charge in [0.15, 0.2) is 0 Å². The van der Waals surface area contributed by atoms with E-state index in [1.807, 2.05) is 61.7 Å². The van der Waals surface area contributed by atoms with E-state index >= 15 is 0 Å². The minimum absolute atomic E-state index is 0.0359. The molecule has 3 heterocycles. The van der Waals surface area contributed by atoms with E-state index in [2.05, 4.69) is 10.2 Å². The molecule has 1 aromatic heterocycles. The third-order valence-electron chi connectivity index (χ3n) is 7.77. The molecule has 2 bridgehead atoms. The molecule has 0 fully saturated rings. The standard InChI is InChI=1S/C30H37N3O5/c1-3-29-17-11-18-32(21-16-25(34)31-24-13-8-6-9-14-24)20-15-23-12-7-4-5-10-19-33(26(23)27(29)35)30(37,22-29)28(36)38-2/h4-10,12-14,16,19,21,27,35,37H,3,11,15,17-18,20,22H2,1-2H3,(H,31,34)/b5-4?,12-7?,19-10?,21-16+,26-23?. The van der Waals surface area contributed by atoms with Crippen LogP contribution in [0, 0.1) is 5.41 Å². The second kappa shape index (κ2) is 11.8. The van der Waals surface area contributed by atoms with Crippen molar-refractivity contribution in [2.24, 2.45) is 5.41 Å². The molecule has 0 saturated carbocycles. The van der Waals surface area contributed by atoms with Crippen LogP contribution in [0.3, 0.4) is 0 Å². The number of aliphatic hydroxyl groups is 2. The van der Waals surface area contributed by atoms with Gasteiger partial charge in [0.1, 0.15) is 6.10 Å². The molecule has 1 aromatic carbocycles. The topological polar surface area (TPSA) is 104 Å². The number of hydrogen-bond donors (Lipinski definition) is 3. The zero-order valence-corrected chi connectivity index (χ0v) is 22.0. The summed E-state index contributed by atoms with van der Waals surface area (Å²) in [4.78, 5) is 27.6. The number of esters is 1. The maximum Gasteiger partial charge on any atom is 0.359 e. The molecule has 38 heavy (non-hydrogen) atoms. The molecule has 3 unspecified atom stereocenters. The highest BCUT2D eigenvalue weighted by Crippen LogP contribution is 2.53. The number of para-hydroxylation sites is 1. The number of benzene rings is 1. The van der Waals surface area contributed by atoms with Crippen LogP contribution in [0.4, 0.5) is 5.69 Å². The second-order valence-corrected chi connectivity index (χ2v) is 10.0. The van der Waals surface area contributed by atoms with Gasteiger partial charge in [0.2, 0.25) is 11.6 Å². The molecule has 2 aromatic rings. The van der Waals surface area contributed by atoms with E-state index < -0.39 is 23.2 Å². The Bertz CT molecular complexity index is 1230. The number of rotatable bonds is 5. The number of amides is 1. The number of hydrogen-bond acceptors (Lipinski definition) is 6. The highest BCUT2D eigenvalue weighted by atomic mass is 16.5. The highest BCUT2D eigenvalue weighted by Gasteiger charge is 2.55. The van der Waals surface area contributed by atoms with Crippen molar-refractivity contribution >= 4 is 17.6 Å². The van der Waals surface area contributed by atoms with Crippen LogP contribution in [0.1, 0.15) is 50.0 Å². The van der Waals surface area contributed by atoms with Crippen molar-refractivity contribution in [2.45, 2.75) is 50.9 Å². The van der Waals surface area contributed by atoms with E-state index in [1.54, 1.807) is 18.3 Å². The van der Waals surface area contributed by atoms with Gasteiger partial charge in [-0.05, 0) is 49.4 Å². The molecule has 0 spiro atoms. The Balaban J connectivity index is 1.73. The Labute approximate surface area is 223 Å². The summed E-state index contributed by atoms with van der Waals surface area (Å²) in [6, 6.07) is 18.5. The van der Waals surface area contributed by atoms with Crippen LogP contribution in [-0.4, -0.2) is 51.8 Å². The van der Waals surface area contributed by atoms with E-state index in [1.165, 1.54) is 17.8 Å². The lowest BCUT2D eigenvalue weighted by molar-refractivity contribution is -0.195. The van der Waals surface area contributed by atoms with Crippen molar-refractivity contribution < 1.29 is 24.5 Å². The van der Waals surface area contributed by atoms with E-state index in [4.69, 9.17) is 4.74 Å². The average molecular weight is 520 g/mol. The molecule has 1 amide bonds. The number of carbonyl (C=O) groups excluding carboxylic acids is 2. The van der Waals surface area contributed by atoms with Crippen molar-refractivity contribution in [3.05, 3.63) is 90.4 Å². The molecule has 8 nitrogen and oxygen atoms in total. The first-order valence-corrected chi connectivity index (χ1v) is 13.1. The van der Waals surface area contributed by atoms with Crippen LogP contribution in [0.5, 0.6) is 0 Å². The average Bonchev–Trinajstić information content (AvgIpc) is 3.03. The van der Waals surface area contributed by atoms with Crippen molar-refractivity contribution in [3.8, 4) is 0 Å². The van der Waals surface area contributed by atoms with Crippen LogP contribution >= 0.6 is 0 Å². The van der Waals surface area contributed by atoms with Crippen LogP contribution in [0.15, 0.2) is 79.1 Å². The Kier molecular flexibility index (Phi) is 8.54. The van der Waals surface area contributed by atoms with E-state index in [0.29, 0.717) is 44.5 Å². The molecule has 0 aliphatic carbocycles. The molecule has 202 valence electrons. The fraction of sp³-hybridized carbons (Fsp3) is 0.400. The summed E-state index contributed by atoms with van der Waals surface area (Å²) in [5.74, 6) is -0.957. The number of aliphatic hydroxyl groups excluding tert-OH is 1. The Morgan fingerprint density at radius 2 is 1.82 bits per heavy atom. The number of nitrogens with one attached hydrogen (secondary N) is 1. The molecule has 3 atom stereocenters. The Morgan fingerprint density at radius 3 is 2.55 bits per heavy atom. The third kappa shape index (κ3) is 5.61. The van der Waals surface area contributed by atoms with Crippen LogP contribution in [0.2, 0.25) is 0 Å². The summed E-state index contributed by atoms with van der Waals surface area (Å²) in [5, 5.41) is 26.5. The number of anilines is 1. The predicted molar refractivity (Wildman–Crippen MR) is 145 cm³/mol. The fourth-order valence-electron chi connectivity index (χ4n) is 5.65. The first kappa shape index (κ1) is 27.4. The fourth-order valence-corrected chi connectivity index (χ4v) is 5.65. The lowest BCUT2D eigenvalue weighted by atomic mass is 9.66. The first-order valence-electron chi connectivity index (χ1n) is 13.1. The third-order valence-corrected chi connectivity index (χ3v) is 7.77. The van der Waals surface area contributed by atoms with Crippen LogP contribution in [0.25, 0.3) is 0 Å². The summed E-state index contributed by atoms with van der Waals surface area (Å²) in [6.45, 7) is 3.23. The van der Waals surface area contributed by atoms with E-state index in [0.717, 1.165) is 11.3 Å². The molecule has 8 heteroatoms. The summed E-state index contributed by atoms with van der Waals surface area (Å²) in [6.07, 6.45) is 6.54. The number of methoxy groups -OCH3 is 1. The summed E-state index contributed by atoms with van der Waals surface area (Å²) < 4.78 is 6.55. The SMILES string of the molecule is CCC12CCCN(/C=C/C(=O)Nc3ccccc3)CCc3ccccccn(c3C1O)C(O)(C(=O)OC)C2. The van der Waals surface area contributed by atoms with Crippen molar-refractivity contribution in [2.75, 3.05) is 25.5 Å². The quantitative estimate of drug-likeness (QED) is 0.407. The Morgan fingerprint density at radius 1 is 1.11 bits per heavy atom. The zero-order chi connectivity index (χ0) is 27.2. The van der Waals surface area contributed by atoms with E-state index in [9.17, 15) is 19.8 Å². The maximum atomic E-state index is 13.0. The van der Waals surface area contributed by atoms with Crippen molar-refractivity contribution in [1.82, 2.24) is 9.47 Å². The largest absolute Gasteiger partial charge is 0.465 e. The number of fused-ring (bicyclic) bond motifs is 1. The molecule has 4 rings (SSSR count). The van der Waals surface area contributed by atoms with Gasteiger partial charge in [0.05, 0.1) is 12.8 Å². The second-order valence-electron chi connectivity index (χ2n) is 10.0. The molecule has 2 aliphatic rings. The van der Waals surface area contributed by atoms with Gasteiger partial charge in [-0.1, -0.05) is 49.4 Å². The van der Waals surface area contributed by atoms with Crippen molar-refractivity contribution in [1.29, 1.82) is 0 Å². The molecule has 0 saturated heterocycles. The number of aromatic nitrogens is 1. The predicted octanol–water partition coefficient (Wildman–Crippen LogP) is 4.05. The van der Waals surface area contributed by atoms with Gasteiger partial charge < -0.3 is 29.7 Å². The van der Waals surface area contributed by atoms with Gasteiger partial charge in [-0.3, -0.25) is 4.79 Å². The van der Waals surface area contributed by atoms with E-state index in [-0.39, 0.29) is 12.3 Å². The monoisotopic (exact) mass is 519 g/mol. The number of ether oxygens (including phenoxy) is 1. The first-order chi connectivity index (χ1) is 18.3. The normalized spacial score (nSPS) is 24.8. The van der Waals surface area contributed by atoms with Gasteiger partial charge >= 0.3 is 5.97 Å². The van der Waals surface area contributed by atoms with Gasteiger partial charge in [-0.2, -0.15) is 0 Å². The summed E-state index contributed by atoms with van der Waals surface area (Å²) >= 11 is 0. The minimum Gasteiger partial charge on any atom is -0.465 e. The molecule has 0 radical (unpaired) electrons. The van der Waals surface area contributed by atoms with Crippen LogP contribution < -0.4 is 5.32 Å². The molecular weight excluding hydrogens is 482 g/mol. The van der Waals surface area contributed by atoms with Crippen molar-refractivity contribution in [3.63, 3.8) is 0 Å². The summed E-state index contributed by atoms with van der Waals surface area (Å²) in [5.41, 5.74) is -0.628. The molecule has 2 aliphatic heterocycles. The van der Waals surface area contributed by atoms with Crippen LogP contribution in [-0.2, 0) is 26.5 Å². The van der Waals surface area contributed by atoms with Gasteiger partial charge in [-0.25, -0.2) is 4.79 Å². The zero-order valence-electron chi connectivity index (χ0n) is 22.0. The summed E-state index contributed by atoms with van der Waals surface area (Å²) in [7, 11) is 1.27. The highest BCUT2D eigenvalue weighted by molar-refractivity contribution is 5.99. The van der Waals surface area contributed by atoms with Gasteiger partial charge in [0, 0.05) is 49.1 Å². The Hall–Kier alpha value is -3.62. The minimum atomic E-state index is -1.94. The van der Waals surface area contributed by atoms with Gasteiger partial charge in [0.25, 0.3) is 0 Å². The lowest BCUT2D eigenvalue weighted by Crippen LogP contribution is -2.54. The van der Waals surface area contributed by atoms with Gasteiger partial charge in [-0.15, -0.1) is 0 Å². The number of carbonyl (C=O) groups is 2. The lowest BCUT2D eigenvalue weighted by Gasteiger charge is -2.49. The number of nitrogens with zero attached hydrogens (tertiary/aromatic N) is 2. The maximum absolute atomic E-state index is 13.0. The smallest absolute Gasteiger partial charge is 0.359 e. The molecule has 3 N–H and O–H groups in total.